The average molecular weight is 547 g/mol. The lowest BCUT2D eigenvalue weighted by Gasteiger charge is -2.44. The first-order valence-electron chi connectivity index (χ1n) is 11.9. The maximum Gasteiger partial charge on any atom is 0.433 e. The highest BCUT2D eigenvalue weighted by Crippen LogP contribution is 2.47. The first kappa shape index (κ1) is 26.1. The van der Waals surface area contributed by atoms with Crippen molar-refractivity contribution in [2.45, 2.75) is 62.8 Å². The third-order valence-corrected chi connectivity index (χ3v) is 8.19. The van der Waals surface area contributed by atoms with Crippen molar-refractivity contribution in [1.82, 2.24) is 35.6 Å². The number of halogens is 3. The molecule has 0 saturated heterocycles. The van der Waals surface area contributed by atoms with Gasteiger partial charge in [-0.15, -0.1) is 21.5 Å². The summed E-state index contributed by atoms with van der Waals surface area (Å²) in [5.74, 6) is 0.473. The van der Waals surface area contributed by atoms with Crippen molar-refractivity contribution in [3.05, 3.63) is 58.7 Å². The minimum absolute atomic E-state index is 0.0516. The fraction of sp³-hybridized carbons (Fsp3) is 0.417. The number of nitrogens with one attached hydrogen (secondary N) is 2. The zero-order valence-corrected chi connectivity index (χ0v) is 21.3. The smallest absolute Gasteiger partial charge is 0.386 e. The number of aliphatic hydroxyl groups is 2. The summed E-state index contributed by atoms with van der Waals surface area (Å²) in [6, 6.07) is 6.21. The molecule has 10 nitrogen and oxygen atoms in total. The average Bonchev–Trinajstić information content (AvgIpc) is 3.57. The molecule has 0 spiro atoms. The van der Waals surface area contributed by atoms with Crippen molar-refractivity contribution < 1.29 is 23.4 Å². The molecule has 1 saturated carbocycles. The minimum atomic E-state index is -4.58. The van der Waals surface area contributed by atoms with E-state index in [1.807, 2.05) is 13.0 Å². The standard InChI is InChI=1S/C24H25F3N8O2S/c1-13-9-15(11-16(10-13)30-21-28-8-5-18(31-21)24(25,26)27)17-12-29-20(38-17)22(2,36)23(37)6-3-14(4-7-23)19-32-34-35-33-19/h5,8-12,14,36-37H,3-4,6-7H2,1-2H3,(H,28,30,31)(H,32,33,34,35)/t14?,22-,23?/m0/s1. The molecule has 4 N–H and O–H groups in total. The molecule has 1 aliphatic carbocycles. The van der Waals surface area contributed by atoms with E-state index in [2.05, 4.69) is 40.9 Å². The molecule has 0 amide bonds. The molecule has 1 aliphatic rings. The number of aromatic nitrogens is 7. The molecule has 0 unspecified atom stereocenters. The summed E-state index contributed by atoms with van der Waals surface area (Å²) >= 11 is 1.24. The molecule has 0 radical (unpaired) electrons. The summed E-state index contributed by atoms with van der Waals surface area (Å²) in [6.07, 6.45) is -0.0600. The van der Waals surface area contributed by atoms with Gasteiger partial charge in [0.15, 0.2) is 5.82 Å². The van der Waals surface area contributed by atoms with Crippen molar-refractivity contribution in [2.75, 3.05) is 5.32 Å². The van der Waals surface area contributed by atoms with Crippen LogP contribution in [0.4, 0.5) is 24.8 Å². The first-order chi connectivity index (χ1) is 17.9. The van der Waals surface area contributed by atoms with E-state index in [0.717, 1.165) is 28.3 Å². The normalized spacial score (nSPS) is 21.7. The highest BCUT2D eigenvalue weighted by molar-refractivity contribution is 7.15. The van der Waals surface area contributed by atoms with Crippen LogP contribution in [0.3, 0.4) is 0 Å². The van der Waals surface area contributed by atoms with Crippen LogP contribution < -0.4 is 5.32 Å². The molecule has 3 heterocycles. The Labute approximate surface area is 219 Å². The van der Waals surface area contributed by atoms with Gasteiger partial charge in [0.25, 0.3) is 0 Å². The number of tetrazole rings is 1. The summed E-state index contributed by atoms with van der Waals surface area (Å²) in [5, 5.41) is 40.2. The van der Waals surface area contributed by atoms with Gasteiger partial charge >= 0.3 is 6.18 Å². The predicted molar refractivity (Wildman–Crippen MR) is 133 cm³/mol. The van der Waals surface area contributed by atoms with Gasteiger partial charge in [-0.1, -0.05) is 11.3 Å². The van der Waals surface area contributed by atoms with Crippen LogP contribution in [0.2, 0.25) is 0 Å². The van der Waals surface area contributed by atoms with Crippen LogP contribution >= 0.6 is 11.3 Å². The Balaban J connectivity index is 1.35. The zero-order chi connectivity index (χ0) is 27.1. The molecular formula is C24H25F3N8O2S. The van der Waals surface area contributed by atoms with Gasteiger partial charge in [-0.25, -0.2) is 15.0 Å². The van der Waals surface area contributed by atoms with E-state index in [0.29, 0.717) is 42.2 Å². The lowest BCUT2D eigenvalue weighted by atomic mass is 9.70. The highest BCUT2D eigenvalue weighted by Gasteiger charge is 2.51. The molecule has 5 rings (SSSR count). The Morgan fingerprint density at radius 3 is 2.61 bits per heavy atom. The van der Waals surface area contributed by atoms with Crippen LogP contribution in [-0.4, -0.2) is 51.4 Å². The number of benzene rings is 1. The number of hydrogen-bond donors (Lipinski definition) is 4. The maximum atomic E-state index is 13.0. The van der Waals surface area contributed by atoms with Crippen LogP contribution in [0.5, 0.6) is 0 Å². The van der Waals surface area contributed by atoms with E-state index in [1.54, 1.807) is 25.3 Å². The lowest BCUT2D eigenvalue weighted by Crippen LogP contribution is -2.51. The van der Waals surface area contributed by atoms with Crippen LogP contribution in [-0.2, 0) is 11.8 Å². The number of aromatic amines is 1. The van der Waals surface area contributed by atoms with Gasteiger partial charge in [0.05, 0.1) is 10.5 Å². The monoisotopic (exact) mass is 546 g/mol. The van der Waals surface area contributed by atoms with E-state index < -0.39 is 23.1 Å². The molecule has 0 bridgehead atoms. The molecule has 1 fully saturated rings. The van der Waals surface area contributed by atoms with Crippen LogP contribution in [0.15, 0.2) is 36.7 Å². The molecule has 3 aromatic heterocycles. The van der Waals surface area contributed by atoms with Crippen molar-refractivity contribution in [2.24, 2.45) is 0 Å². The number of nitrogens with zero attached hydrogens (tertiary/aromatic N) is 6. The largest absolute Gasteiger partial charge is 0.433 e. The lowest BCUT2D eigenvalue weighted by molar-refractivity contribution is -0.166. The number of anilines is 2. The summed E-state index contributed by atoms with van der Waals surface area (Å²) in [7, 11) is 0. The van der Waals surface area contributed by atoms with Crippen LogP contribution in [0.25, 0.3) is 10.4 Å². The summed E-state index contributed by atoms with van der Waals surface area (Å²) in [6.45, 7) is 3.42. The summed E-state index contributed by atoms with van der Waals surface area (Å²) in [4.78, 5) is 12.6. The molecule has 1 aromatic carbocycles. The second-order valence-electron chi connectivity index (χ2n) is 9.65. The molecule has 1 atom stereocenters. The minimum Gasteiger partial charge on any atom is -0.386 e. The van der Waals surface area contributed by atoms with Crippen LogP contribution in [0, 0.1) is 6.92 Å². The van der Waals surface area contributed by atoms with E-state index in [-0.39, 0.29) is 11.9 Å². The molecule has 4 aromatic rings. The van der Waals surface area contributed by atoms with Crippen molar-refractivity contribution in [3.63, 3.8) is 0 Å². The summed E-state index contributed by atoms with van der Waals surface area (Å²) < 4.78 is 39.1. The van der Waals surface area contributed by atoms with Crippen molar-refractivity contribution >= 4 is 23.0 Å². The Hall–Kier alpha value is -3.49. The topological polar surface area (TPSA) is 146 Å². The molecule has 38 heavy (non-hydrogen) atoms. The summed E-state index contributed by atoms with van der Waals surface area (Å²) in [5.41, 5.74) is -1.94. The Morgan fingerprint density at radius 2 is 1.92 bits per heavy atom. The number of H-pyrrole nitrogens is 1. The van der Waals surface area contributed by atoms with Gasteiger partial charge in [-0.3, -0.25) is 0 Å². The van der Waals surface area contributed by atoms with Crippen molar-refractivity contribution in [3.8, 4) is 10.4 Å². The highest BCUT2D eigenvalue weighted by atomic mass is 32.1. The Kier molecular flexibility index (Phi) is 6.65. The van der Waals surface area contributed by atoms with Gasteiger partial charge in [0.2, 0.25) is 5.95 Å². The number of hydrogen-bond acceptors (Lipinski definition) is 10. The van der Waals surface area contributed by atoms with Gasteiger partial charge in [-0.2, -0.15) is 18.4 Å². The van der Waals surface area contributed by atoms with Crippen molar-refractivity contribution in [1.29, 1.82) is 0 Å². The fourth-order valence-corrected chi connectivity index (χ4v) is 5.76. The van der Waals surface area contributed by atoms with E-state index >= 15 is 0 Å². The zero-order valence-electron chi connectivity index (χ0n) is 20.5. The molecule has 0 aliphatic heterocycles. The fourth-order valence-electron chi connectivity index (χ4n) is 4.72. The number of aryl methyl sites for hydroxylation is 1. The molecule has 14 heteroatoms. The first-order valence-corrected chi connectivity index (χ1v) is 12.7. The quantitative estimate of drug-likeness (QED) is 0.275. The number of alkyl halides is 3. The Morgan fingerprint density at radius 1 is 1.16 bits per heavy atom. The van der Waals surface area contributed by atoms with Gasteiger partial charge in [0, 0.05) is 24.0 Å². The molecular weight excluding hydrogens is 521 g/mol. The third-order valence-electron chi connectivity index (χ3n) is 6.93. The second-order valence-corrected chi connectivity index (χ2v) is 10.7. The van der Waals surface area contributed by atoms with E-state index in [9.17, 15) is 23.4 Å². The predicted octanol–water partition coefficient (Wildman–Crippen LogP) is 4.48. The Bertz CT molecular complexity index is 1420. The maximum absolute atomic E-state index is 13.0. The van der Waals surface area contributed by atoms with Gasteiger partial charge < -0.3 is 15.5 Å². The van der Waals surface area contributed by atoms with Gasteiger partial charge in [0.1, 0.15) is 16.3 Å². The number of thiazole rings is 1. The number of rotatable bonds is 6. The second kappa shape index (κ2) is 9.67. The van der Waals surface area contributed by atoms with E-state index in [4.69, 9.17) is 0 Å². The third kappa shape index (κ3) is 5.11. The van der Waals surface area contributed by atoms with Crippen LogP contribution in [0.1, 0.15) is 60.6 Å². The van der Waals surface area contributed by atoms with E-state index in [1.165, 1.54) is 11.3 Å². The van der Waals surface area contributed by atoms with Gasteiger partial charge in [-0.05, 0) is 68.9 Å². The molecule has 200 valence electrons. The SMILES string of the molecule is Cc1cc(Nc2nccc(C(F)(F)F)n2)cc(-c2cnc([C@](C)(O)C3(O)CCC(c4nn[nH]n4)CC3)s2)c1.